The number of aromatic nitrogens is 1. The average molecular weight is 686 g/mol. The molecule has 0 fully saturated rings. The van der Waals surface area contributed by atoms with E-state index in [9.17, 15) is 0 Å². The number of nitrogens with zero attached hydrogens (tertiary/aromatic N) is 1. The highest BCUT2D eigenvalue weighted by molar-refractivity contribution is 7.99. The van der Waals surface area contributed by atoms with Crippen LogP contribution in [0.3, 0.4) is 0 Å². The number of hydrogen-bond donors (Lipinski definition) is 0. The molecule has 10 rings (SSSR count). The summed E-state index contributed by atoms with van der Waals surface area (Å²) in [6, 6.07) is 49.7. The molecular formula is C50H39NS. The van der Waals surface area contributed by atoms with E-state index < -0.39 is 0 Å². The van der Waals surface area contributed by atoms with E-state index in [2.05, 4.69) is 181 Å². The lowest BCUT2D eigenvalue weighted by molar-refractivity contribution is 0.643. The summed E-state index contributed by atoms with van der Waals surface area (Å²) in [5.74, 6) is 0.243. The molecule has 6 aromatic carbocycles. The number of hydrogen-bond acceptors (Lipinski definition) is 1. The Balaban J connectivity index is 0.904. The second kappa shape index (κ2) is 12.9. The van der Waals surface area contributed by atoms with Crippen LogP contribution in [0.5, 0.6) is 0 Å². The Kier molecular flexibility index (Phi) is 7.73. The monoisotopic (exact) mass is 685 g/mol. The Labute approximate surface area is 310 Å². The van der Waals surface area contributed by atoms with Gasteiger partial charge in [-0.1, -0.05) is 145 Å². The van der Waals surface area contributed by atoms with E-state index in [0.29, 0.717) is 0 Å². The van der Waals surface area contributed by atoms with Crippen LogP contribution in [0, 0.1) is 0 Å². The fourth-order valence-electron chi connectivity index (χ4n) is 8.98. The van der Waals surface area contributed by atoms with Crippen LogP contribution in [0.4, 0.5) is 0 Å². The van der Waals surface area contributed by atoms with Gasteiger partial charge in [0.2, 0.25) is 0 Å². The van der Waals surface area contributed by atoms with Crippen molar-refractivity contribution < 1.29 is 0 Å². The van der Waals surface area contributed by atoms with Crippen LogP contribution >= 0.6 is 11.8 Å². The SMILES string of the molecule is CC=C(C=CCC1=CCC(n2c3ccccc3c3c4c(ccc32)Cc2ccccc2-4)C=C1)C1c2ccccc2-c2cc(Sc3ccccc3)ccc21. The molecule has 1 nitrogen and oxygen atoms in total. The van der Waals surface area contributed by atoms with E-state index in [4.69, 9.17) is 0 Å². The van der Waals surface area contributed by atoms with Crippen molar-refractivity contribution in [2.75, 3.05) is 0 Å². The van der Waals surface area contributed by atoms with E-state index >= 15 is 0 Å². The molecule has 1 aromatic heterocycles. The highest BCUT2D eigenvalue weighted by atomic mass is 32.2. The molecule has 2 heteroatoms. The van der Waals surface area contributed by atoms with Gasteiger partial charge < -0.3 is 4.57 Å². The molecule has 0 saturated heterocycles. The molecule has 0 aliphatic heterocycles. The van der Waals surface area contributed by atoms with Gasteiger partial charge >= 0.3 is 0 Å². The van der Waals surface area contributed by atoms with Crippen molar-refractivity contribution in [2.24, 2.45) is 0 Å². The number of rotatable bonds is 7. The second-order valence-electron chi connectivity index (χ2n) is 14.2. The fourth-order valence-corrected chi connectivity index (χ4v) is 9.86. The smallest absolute Gasteiger partial charge is 0.0560 e. The third-order valence-corrected chi connectivity index (χ3v) is 12.3. The summed E-state index contributed by atoms with van der Waals surface area (Å²) in [6.07, 6.45) is 17.2. The van der Waals surface area contributed by atoms with Crippen LogP contribution in [-0.4, -0.2) is 4.57 Å². The van der Waals surface area contributed by atoms with Crippen molar-refractivity contribution in [1.29, 1.82) is 0 Å². The van der Waals surface area contributed by atoms with Crippen molar-refractivity contribution in [3.05, 3.63) is 203 Å². The zero-order valence-corrected chi connectivity index (χ0v) is 30.1. The molecule has 3 aliphatic carbocycles. The zero-order valence-electron chi connectivity index (χ0n) is 29.3. The van der Waals surface area contributed by atoms with Crippen molar-refractivity contribution in [3.63, 3.8) is 0 Å². The lowest BCUT2D eigenvalue weighted by Crippen LogP contribution is -2.08. The molecule has 2 atom stereocenters. The Hall–Kier alpha value is -5.57. The normalized spacial score (nSPS) is 17.4. The summed E-state index contributed by atoms with van der Waals surface area (Å²) in [5, 5.41) is 2.77. The highest BCUT2D eigenvalue weighted by Crippen LogP contribution is 2.50. The molecule has 1 heterocycles. The summed E-state index contributed by atoms with van der Waals surface area (Å²) < 4.78 is 2.59. The van der Waals surface area contributed by atoms with Crippen molar-refractivity contribution in [1.82, 2.24) is 4.57 Å². The molecule has 0 amide bonds. The van der Waals surface area contributed by atoms with Gasteiger partial charge in [-0.3, -0.25) is 0 Å². The van der Waals surface area contributed by atoms with E-state index in [1.54, 1.807) is 0 Å². The predicted octanol–water partition coefficient (Wildman–Crippen LogP) is 13.6. The van der Waals surface area contributed by atoms with E-state index in [-0.39, 0.29) is 12.0 Å². The third-order valence-electron chi connectivity index (χ3n) is 11.3. The standard InChI is InChI=1S/C50H39NS/c1-2-34(48-42-20-9-8-19-41(42)45-32-39(28-29-43(45)48)52-38-16-4-3-5-17-38)15-12-13-33-23-26-37(27-24-33)51-46-22-11-10-21-44(46)50-47(51)30-25-36-31-35-14-6-7-18-40(35)49(36)50/h2-12,14-26,28-30,32,37,48H,13,27,31H2,1H3. The molecule has 0 N–H and O–H groups in total. The second-order valence-corrected chi connectivity index (χ2v) is 15.4. The molecule has 0 spiro atoms. The van der Waals surface area contributed by atoms with Crippen LogP contribution in [0.25, 0.3) is 44.1 Å². The minimum absolute atomic E-state index is 0.243. The van der Waals surface area contributed by atoms with Gasteiger partial charge in [0.05, 0.1) is 11.6 Å². The lowest BCUT2D eigenvalue weighted by Gasteiger charge is -2.20. The maximum atomic E-state index is 2.59. The largest absolute Gasteiger partial charge is 0.333 e. The Morgan fingerprint density at radius 2 is 1.50 bits per heavy atom. The Morgan fingerprint density at radius 3 is 2.37 bits per heavy atom. The summed E-state index contributed by atoms with van der Waals surface area (Å²) in [4.78, 5) is 2.55. The number of para-hydroxylation sites is 1. The van der Waals surface area contributed by atoms with Gasteiger partial charge in [-0.05, 0) is 118 Å². The van der Waals surface area contributed by atoms with E-state index in [1.807, 2.05) is 11.8 Å². The van der Waals surface area contributed by atoms with Gasteiger partial charge in [-0.2, -0.15) is 0 Å². The maximum absolute atomic E-state index is 2.59. The Bertz CT molecular complexity index is 2650. The topological polar surface area (TPSA) is 4.93 Å². The third kappa shape index (κ3) is 5.16. The minimum Gasteiger partial charge on any atom is -0.333 e. The van der Waals surface area contributed by atoms with E-state index in [1.165, 1.54) is 87.3 Å². The maximum Gasteiger partial charge on any atom is 0.0560 e. The van der Waals surface area contributed by atoms with Gasteiger partial charge in [0.15, 0.2) is 0 Å². The van der Waals surface area contributed by atoms with Gasteiger partial charge in [0.25, 0.3) is 0 Å². The number of allylic oxidation sites excluding steroid dienone is 8. The molecule has 0 radical (unpaired) electrons. The van der Waals surface area contributed by atoms with Gasteiger partial charge in [0.1, 0.15) is 0 Å². The highest BCUT2D eigenvalue weighted by Gasteiger charge is 2.30. The summed E-state index contributed by atoms with van der Waals surface area (Å²) in [6.45, 7) is 2.18. The quantitative estimate of drug-likeness (QED) is 0.151. The molecule has 0 saturated carbocycles. The summed E-state index contributed by atoms with van der Waals surface area (Å²) >= 11 is 1.83. The summed E-state index contributed by atoms with van der Waals surface area (Å²) in [7, 11) is 0. The first-order valence-electron chi connectivity index (χ1n) is 18.5. The molecular weight excluding hydrogens is 647 g/mol. The molecule has 3 aliphatic rings. The molecule has 52 heavy (non-hydrogen) atoms. The first-order valence-corrected chi connectivity index (χ1v) is 19.4. The minimum atomic E-state index is 0.243. The van der Waals surface area contributed by atoms with Crippen molar-refractivity contribution in [3.8, 4) is 22.3 Å². The number of fused-ring (bicyclic) bond motifs is 10. The van der Waals surface area contributed by atoms with Crippen molar-refractivity contribution >= 4 is 33.6 Å². The van der Waals surface area contributed by atoms with E-state index in [0.717, 1.165) is 19.3 Å². The predicted molar refractivity (Wildman–Crippen MR) is 220 cm³/mol. The van der Waals surface area contributed by atoms with Crippen LogP contribution in [0.2, 0.25) is 0 Å². The van der Waals surface area contributed by atoms with Crippen LogP contribution < -0.4 is 0 Å². The first-order chi connectivity index (χ1) is 25.7. The number of benzene rings is 6. The van der Waals surface area contributed by atoms with Crippen LogP contribution in [-0.2, 0) is 6.42 Å². The summed E-state index contributed by atoms with van der Waals surface area (Å²) in [5.41, 5.74) is 16.6. The Morgan fingerprint density at radius 1 is 0.712 bits per heavy atom. The van der Waals surface area contributed by atoms with Crippen LogP contribution in [0.1, 0.15) is 54.0 Å². The zero-order chi connectivity index (χ0) is 34.6. The van der Waals surface area contributed by atoms with Gasteiger partial charge in [-0.15, -0.1) is 0 Å². The molecule has 250 valence electrons. The van der Waals surface area contributed by atoms with Gasteiger partial charge in [0, 0.05) is 32.0 Å². The van der Waals surface area contributed by atoms with Crippen molar-refractivity contribution in [2.45, 2.75) is 47.9 Å². The molecule has 7 aromatic rings. The average Bonchev–Trinajstić information content (AvgIpc) is 3.85. The molecule has 0 bridgehead atoms. The van der Waals surface area contributed by atoms with Gasteiger partial charge in [-0.25, -0.2) is 0 Å². The molecule has 2 unspecified atom stereocenters. The first kappa shape index (κ1) is 31.2. The lowest BCUT2D eigenvalue weighted by atomic mass is 9.88. The van der Waals surface area contributed by atoms with Crippen LogP contribution in [0.15, 0.2) is 191 Å². The fraction of sp³-hybridized carbons (Fsp3) is 0.120.